The van der Waals surface area contributed by atoms with Crippen molar-refractivity contribution in [3.05, 3.63) is 23.8 Å². The third-order valence-electron chi connectivity index (χ3n) is 3.80. The minimum Gasteiger partial charge on any atom is -0.394 e. The van der Waals surface area contributed by atoms with Crippen LogP contribution in [0.2, 0.25) is 0 Å². The Labute approximate surface area is 123 Å². The average Bonchev–Trinajstić information content (AvgIpc) is 2.49. The van der Waals surface area contributed by atoms with Gasteiger partial charge in [0.25, 0.3) is 0 Å². The number of β-amino-alcohol motifs (C(OH)–C–C–N with tert-alkyl or cyclic N) is 1. The molecule has 0 fully saturated rings. The summed E-state index contributed by atoms with van der Waals surface area (Å²) < 4.78 is 0. The number of aliphatic hydroxyl groups excluding tert-OH is 2. The van der Waals surface area contributed by atoms with Gasteiger partial charge in [-0.2, -0.15) is 0 Å². The predicted molar refractivity (Wildman–Crippen MR) is 79.2 cm³/mol. The summed E-state index contributed by atoms with van der Waals surface area (Å²) in [6.45, 7) is 1.59. The van der Waals surface area contributed by atoms with Gasteiger partial charge < -0.3 is 20.4 Å². The van der Waals surface area contributed by atoms with E-state index in [4.69, 9.17) is 5.11 Å². The maximum absolute atomic E-state index is 12.3. The third-order valence-corrected chi connectivity index (χ3v) is 3.80. The molecule has 2 bridgehead atoms. The van der Waals surface area contributed by atoms with Crippen LogP contribution in [-0.4, -0.2) is 41.8 Å². The van der Waals surface area contributed by atoms with E-state index in [0.29, 0.717) is 30.6 Å². The molecule has 21 heavy (non-hydrogen) atoms. The number of hydrogen-bond donors (Lipinski definition) is 3. The van der Waals surface area contributed by atoms with Crippen LogP contribution in [-0.2, 0) is 9.59 Å². The topological polar surface area (TPSA) is 89.9 Å². The number of carbonyl (C=O) groups is 2. The Balaban J connectivity index is 2.50. The highest BCUT2D eigenvalue weighted by Crippen LogP contribution is 2.38. The van der Waals surface area contributed by atoms with Crippen LogP contribution in [0.1, 0.15) is 31.2 Å². The monoisotopic (exact) mass is 292 g/mol. The van der Waals surface area contributed by atoms with Gasteiger partial charge in [-0.05, 0) is 24.0 Å². The van der Waals surface area contributed by atoms with Gasteiger partial charge in [0.15, 0.2) is 0 Å². The molecule has 0 saturated heterocycles. The molecule has 1 aliphatic heterocycles. The molecule has 1 aliphatic rings. The highest BCUT2D eigenvalue weighted by atomic mass is 16.3. The van der Waals surface area contributed by atoms with Gasteiger partial charge in [0, 0.05) is 6.42 Å². The van der Waals surface area contributed by atoms with Crippen LogP contribution in [0.3, 0.4) is 0 Å². The Morgan fingerprint density at radius 2 is 2.29 bits per heavy atom. The van der Waals surface area contributed by atoms with Gasteiger partial charge in [-0.1, -0.05) is 19.1 Å². The van der Waals surface area contributed by atoms with Crippen LogP contribution >= 0.6 is 0 Å². The van der Waals surface area contributed by atoms with E-state index < -0.39 is 12.7 Å². The van der Waals surface area contributed by atoms with Crippen molar-refractivity contribution in [3.63, 3.8) is 0 Å². The van der Waals surface area contributed by atoms with Crippen LogP contribution < -0.4 is 10.2 Å². The molecular formula is C15H20N2O4. The highest BCUT2D eigenvalue weighted by molar-refractivity contribution is 5.99. The fraction of sp³-hybridized carbons (Fsp3) is 0.467. The van der Waals surface area contributed by atoms with Crippen molar-refractivity contribution in [3.8, 4) is 0 Å². The lowest BCUT2D eigenvalue weighted by molar-refractivity contribution is -0.119. The van der Waals surface area contributed by atoms with E-state index in [2.05, 4.69) is 5.32 Å². The number of para-hydroxylation sites is 1. The van der Waals surface area contributed by atoms with Crippen LogP contribution in [0.4, 0.5) is 11.4 Å². The molecule has 2 atom stereocenters. The Morgan fingerprint density at radius 1 is 1.52 bits per heavy atom. The number of aliphatic hydroxyl groups is 2. The summed E-state index contributed by atoms with van der Waals surface area (Å²) in [5.41, 5.74) is 2.12. The van der Waals surface area contributed by atoms with Crippen LogP contribution in [0.25, 0.3) is 0 Å². The summed E-state index contributed by atoms with van der Waals surface area (Å²) in [7, 11) is 0. The number of hydrogen-bond acceptors (Lipinski definition) is 4. The third kappa shape index (κ3) is 3.22. The summed E-state index contributed by atoms with van der Waals surface area (Å²) in [6.07, 6.45) is 0.602. The van der Waals surface area contributed by atoms with Gasteiger partial charge in [-0.3, -0.25) is 9.59 Å². The summed E-state index contributed by atoms with van der Waals surface area (Å²) in [5, 5.41) is 21.3. The zero-order chi connectivity index (χ0) is 15.4. The quantitative estimate of drug-likeness (QED) is 0.701. The van der Waals surface area contributed by atoms with Crippen molar-refractivity contribution in [2.24, 2.45) is 0 Å². The van der Waals surface area contributed by atoms with Gasteiger partial charge in [-0.25, -0.2) is 0 Å². The maximum Gasteiger partial charge on any atom is 0.227 e. The Bertz CT molecular complexity index is 532. The molecule has 0 saturated carbocycles. The van der Waals surface area contributed by atoms with Gasteiger partial charge in [0.2, 0.25) is 12.3 Å². The predicted octanol–water partition coefficient (Wildman–Crippen LogP) is 0.838. The molecule has 2 rings (SSSR count). The van der Waals surface area contributed by atoms with E-state index in [1.807, 2.05) is 19.1 Å². The molecule has 6 heteroatoms. The number of benzene rings is 1. The number of rotatable bonds is 5. The number of anilines is 2. The smallest absolute Gasteiger partial charge is 0.227 e. The van der Waals surface area contributed by atoms with Crippen molar-refractivity contribution >= 4 is 23.7 Å². The van der Waals surface area contributed by atoms with Crippen molar-refractivity contribution in [2.75, 3.05) is 23.4 Å². The second kappa shape index (κ2) is 6.69. The molecule has 0 aromatic heterocycles. The number of fused-ring (bicyclic) bond motifs is 2. The Morgan fingerprint density at radius 3 is 2.95 bits per heavy atom. The largest absolute Gasteiger partial charge is 0.394 e. The number of nitrogens with zero attached hydrogens (tertiary/aromatic N) is 1. The minimum absolute atomic E-state index is 0.000699. The molecule has 1 heterocycles. The van der Waals surface area contributed by atoms with Crippen LogP contribution in [0.15, 0.2) is 18.2 Å². The number of carbonyl (C=O) groups excluding carboxylic acids is 2. The lowest BCUT2D eigenvalue weighted by atomic mass is 9.91. The average molecular weight is 292 g/mol. The molecule has 3 N–H and O–H groups in total. The van der Waals surface area contributed by atoms with E-state index >= 15 is 0 Å². The lowest BCUT2D eigenvalue weighted by Crippen LogP contribution is -2.40. The molecule has 114 valence electrons. The molecule has 0 aliphatic carbocycles. The van der Waals surface area contributed by atoms with Gasteiger partial charge in [-0.15, -0.1) is 0 Å². The number of nitrogens with one attached hydrogen (secondary N) is 1. The lowest BCUT2D eigenvalue weighted by Gasteiger charge is -2.31. The molecule has 6 nitrogen and oxygen atoms in total. The molecule has 0 spiro atoms. The van der Waals surface area contributed by atoms with Crippen LogP contribution in [0.5, 0.6) is 0 Å². The molecule has 1 aromatic carbocycles. The summed E-state index contributed by atoms with van der Waals surface area (Å²) >= 11 is 0. The Kier molecular flexibility index (Phi) is 4.93. The molecule has 0 radical (unpaired) electrons. The minimum atomic E-state index is -1.02. The van der Waals surface area contributed by atoms with Gasteiger partial charge >= 0.3 is 0 Å². The molecule has 2 unspecified atom stereocenters. The van der Waals surface area contributed by atoms with Crippen molar-refractivity contribution in [1.82, 2.24) is 0 Å². The molecule has 2 amide bonds. The van der Waals surface area contributed by atoms with Gasteiger partial charge in [0.05, 0.1) is 30.6 Å². The fourth-order valence-corrected chi connectivity index (χ4v) is 2.64. The second-order valence-electron chi connectivity index (χ2n) is 5.28. The highest BCUT2D eigenvalue weighted by Gasteiger charge is 2.27. The maximum atomic E-state index is 12.3. The van der Waals surface area contributed by atoms with E-state index in [0.717, 1.165) is 5.56 Å². The molecule has 1 aromatic rings. The first kappa shape index (κ1) is 15.5. The van der Waals surface area contributed by atoms with E-state index in [1.165, 1.54) is 4.90 Å². The van der Waals surface area contributed by atoms with E-state index in [1.54, 1.807) is 6.07 Å². The Hall–Kier alpha value is -1.92. The zero-order valence-electron chi connectivity index (χ0n) is 12.0. The first-order valence-corrected chi connectivity index (χ1v) is 7.00. The number of amides is 2. The standard InChI is InChI=1S/C15H20N2O4/c1-10-5-6-14(21)17(7-11(20)8-18)13-4-2-3-12(10)15(13)16-9-19/h2-4,9-11,18,20H,5-8H2,1H3,(H,16,19). The zero-order valence-corrected chi connectivity index (χ0v) is 12.0. The van der Waals surface area contributed by atoms with E-state index in [-0.39, 0.29) is 18.4 Å². The summed E-state index contributed by atoms with van der Waals surface area (Å²) in [4.78, 5) is 24.7. The van der Waals surface area contributed by atoms with Gasteiger partial charge in [0.1, 0.15) is 0 Å². The normalized spacial score (nSPS) is 19.7. The van der Waals surface area contributed by atoms with E-state index in [9.17, 15) is 14.7 Å². The SMILES string of the molecule is CC1CCC(=O)N(CC(O)CO)c2cccc1c2NC=O. The van der Waals surface area contributed by atoms with Crippen molar-refractivity contribution in [2.45, 2.75) is 31.8 Å². The van der Waals surface area contributed by atoms with Crippen molar-refractivity contribution in [1.29, 1.82) is 0 Å². The van der Waals surface area contributed by atoms with Crippen LogP contribution in [0, 0.1) is 0 Å². The first-order chi connectivity index (χ1) is 10.1. The second-order valence-corrected chi connectivity index (χ2v) is 5.28. The molecular weight excluding hydrogens is 272 g/mol. The van der Waals surface area contributed by atoms with Crippen molar-refractivity contribution < 1.29 is 19.8 Å². The summed E-state index contributed by atoms with van der Waals surface area (Å²) in [5.74, 6) is 0.0291. The first-order valence-electron chi connectivity index (χ1n) is 7.00. The summed E-state index contributed by atoms with van der Waals surface area (Å²) in [6, 6.07) is 5.49. The fourth-order valence-electron chi connectivity index (χ4n) is 2.64.